The number of nitrogens with one attached hydrogen (secondary N) is 3. The van der Waals surface area contributed by atoms with Crippen LogP contribution in [-0.4, -0.2) is 37.1 Å². The quantitative estimate of drug-likeness (QED) is 0.517. The topological polar surface area (TPSA) is 124 Å². The van der Waals surface area contributed by atoms with E-state index in [1.54, 1.807) is 24.3 Å². The standard InChI is InChI=1S/C16H17N3O5S/c1-24-11-4-2-3-10(7-11)15(20)9-17-25(22,23)12-5-6-13-14(8-12)19-16(21)18-13/h2-8,15,17,20H,9H2,1H3,(H2,18,19,21). The molecule has 1 unspecified atom stereocenters. The number of aromatic amines is 2. The summed E-state index contributed by atoms with van der Waals surface area (Å²) in [5.74, 6) is 0.571. The molecule has 0 spiro atoms. The van der Waals surface area contributed by atoms with Gasteiger partial charge in [0.15, 0.2) is 0 Å². The average molecular weight is 363 g/mol. The van der Waals surface area contributed by atoms with E-state index < -0.39 is 21.8 Å². The molecule has 1 atom stereocenters. The molecule has 3 aromatic rings. The first-order valence-corrected chi connectivity index (χ1v) is 8.91. The van der Waals surface area contributed by atoms with E-state index >= 15 is 0 Å². The lowest BCUT2D eigenvalue weighted by Gasteiger charge is -2.13. The molecule has 0 fully saturated rings. The van der Waals surface area contributed by atoms with Crippen LogP contribution in [-0.2, 0) is 10.0 Å². The van der Waals surface area contributed by atoms with Crippen molar-refractivity contribution in [2.45, 2.75) is 11.0 Å². The second kappa shape index (κ2) is 6.71. The molecule has 0 saturated carbocycles. The van der Waals surface area contributed by atoms with Gasteiger partial charge in [0.05, 0.1) is 29.1 Å². The van der Waals surface area contributed by atoms with Crippen LogP contribution in [0.4, 0.5) is 0 Å². The maximum atomic E-state index is 12.4. The Labute approximate surface area is 143 Å². The van der Waals surface area contributed by atoms with Crippen LogP contribution in [0.2, 0.25) is 0 Å². The molecular formula is C16H17N3O5S. The van der Waals surface area contributed by atoms with Crippen molar-refractivity contribution < 1.29 is 18.3 Å². The number of aliphatic hydroxyl groups is 1. The van der Waals surface area contributed by atoms with Crippen molar-refractivity contribution in [1.82, 2.24) is 14.7 Å². The van der Waals surface area contributed by atoms with Gasteiger partial charge < -0.3 is 19.8 Å². The maximum absolute atomic E-state index is 12.4. The number of methoxy groups -OCH3 is 1. The molecule has 0 amide bonds. The van der Waals surface area contributed by atoms with Gasteiger partial charge in [0, 0.05) is 6.54 Å². The molecule has 132 valence electrons. The van der Waals surface area contributed by atoms with Crippen LogP contribution in [0.5, 0.6) is 5.75 Å². The summed E-state index contributed by atoms with van der Waals surface area (Å²) < 4.78 is 32.2. The predicted molar refractivity (Wildman–Crippen MR) is 92.1 cm³/mol. The molecule has 8 nitrogen and oxygen atoms in total. The molecule has 1 aromatic heterocycles. The number of rotatable bonds is 6. The predicted octanol–water partition coefficient (Wildman–Crippen LogP) is 0.877. The van der Waals surface area contributed by atoms with Crippen molar-refractivity contribution >= 4 is 21.1 Å². The van der Waals surface area contributed by atoms with Crippen LogP contribution >= 0.6 is 0 Å². The second-order valence-electron chi connectivity index (χ2n) is 5.43. The number of hydrogen-bond acceptors (Lipinski definition) is 5. The normalized spacial score (nSPS) is 13.0. The number of aliphatic hydroxyl groups excluding tert-OH is 1. The van der Waals surface area contributed by atoms with Gasteiger partial charge in [-0.1, -0.05) is 12.1 Å². The third-order valence-corrected chi connectivity index (χ3v) is 5.16. The van der Waals surface area contributed by atoms with Crippen LogP contribution in [0.25, 0.3) is 11.0 Å². The molecule has 0 saturated heterocycles. The molecule has 9 heteroatoms. The molecule has 25 heavy (non-hydrogen) atoms. The molecule has 3 rings (SSSR count). The third-order valence-electron chi connectivity index (χ3n) is 3.74. The summed E-state index contributed by atoms with van der Waals surface area (Å²) in [6.45, 7) is -0.197. The number of hydrogen-bond donors (Lipinski definition) is 4. The molecular weight excluding hydrogens is 346 g/mol. The minimum Gasteiger partial charge on any atom is -0.497 e. The Kier molecular flexibility index (Phi) is 4.62. The Morgan fingerprint density at radius 1 is 1.16 bits per heavy atom. The van der Waals surface area contributed by atoms with Gasteiger partial charge in [-0.25, -0.2) is 17.9 Å². The molecule has 0 radical (unpaired) electrons. The number of imidazole rings is 1. The summed E-state index contributed by atoms with van der Waals surface area (Å²) in [4.78, 5) is 16.3. The smallest absolute Gasteiger partial charge is 0.323 e. The Hall–Kier alpha value is -2.62. The van der Waals surface area contributed by atoms with Gasteiger partial charge in [-0.05, 0) is 35.9 Å². The highest BCUT2D eigenvalue weighted by molar-refractivity contribution is 7.89. The summed E-state index contributed by atoms with van der Waals surface area (Å²) in [7, 11) is -2.33. The minimum atomic E-state index is -3.84. The molecule has 1 heterocycles. The highest BCUT2D eigenvalue weighted by Gasteiger charge is 2.18. The van der Waals surface area contributed by atoms with E-state index in [4.69, 9.17) is 4.74 Å². The van der Waals surface area contributed by atoms with Crippen molar-refractivity contribution in [3.05, 3.63) is 58.5 Å². The lowest BCUT2D eigenvalue weighted by atomic mass is 10.1. The number of H-pyrrole nitrogens is 2. The lowest BCUT2D eigenvalue weighted by molar-refractivity contribution is 0.181. The number of benzene rings is 2. The van der Waals surface area contributed by atoms with Crippen molar-refractivity contribution in [1.29, 1.82) is 0 Å². The first kappa shape index (κ1) is 17.2. The average Bonchev–Trinajstić information content (AvgIpc) is 2.99. The Balaban J connectivity index is 1.76. The third kappa shape index (κ3) is 3.73. The molecule has 2 aromatic carbocycles. The summed E-state index contributed by atoms with van der Waals surface area (Å²) in [6.07, 6.45) is -1.03. The molecule has 0 aliphatic carbocycles. The Bertz CT molecular complexity index is 1050. The number of ether oxygens (including phenoxy) is 1. The number of fused-ring (bicyclic) bond motifs is 1. The summed E-state index contributed by atoms with van der Waals surface area (Å²) in [5.41, 5.74) is 1.03. The van der Waals surface area contributed by atoms with Gasteiger partial charge >= 0.3 is 5.69 Å². The lowest BCUT2D eigenvalue weighted by Crippen LogP contribution is -2.28. The van der Waals surface area contributed by atoms with Crippen LogP contribution in [0.1, 0.15) is 11.7 Å². The molecule has 0 aliphatic rings. The van der Waals surface area contributed by atoms with Crippen LogP contribution < -0.4 is 15.1 Å². The first-order chi connectivity index (χ1) is 11.9. The van der Waals surface area contributed by atoms with Gasteiger partial charge in [0.25, 0.3) is 0 Å². The van der Waals surface area contributed by atoms with E-state index in [1.807, 2.05) is 0 Å². The zero-order chi connectivity index (χ0) is 18.0. The van der Waals surface area contributed by atoms with E-state index in [2.05, 4.69) is 14.7 Å². The van der Waals surface area contributed by atoms with Crippen molar-refractivity contribution in [3.63, 3.8) is 0 Å². The Morgan fingerprint density at radius 3 is 2.68 bits per heavy atom. The van der Waals surface area contributed by atoms with Crippen LogP contribution in [0, 0.1) is 0 Å². The van der Waals surface area contributed by atoms with Crippen LogP contribution in [0.3, 0.4) is 0 Å². The largest absolute Gasteiger partial charge is 0.497 e. The van der Waals surface area contributed by atoms with Gasteiger partial charge in [-0.3, -0.25) is 0 Å². The molecule has 4 N–H and O–H groups in total. The molecule has 0 aliphatic heterocycles. The first-order valence-electron chi connectivity index (χ1n) is 7.43. The fourth-order valence-electron chi connectivity index (χ4n) is 2.42. The highest BCUT2D eigenvalue weighted by Crippen LogP contribution is 2.20. The fourth-order valence-corrected chi connectivity index (χ4v) is 3.48. The number of sulfonamides is 1. The van der Waals surface area contributed by atoms with E-state index in [-0.39, 0.29) is 11.4 Å². The summed E-state index contributed by atoms with van der Waals surface area (Å²) >= 11 is 0. The highest BCUT2D eigenvalue weighted by atomic mass is 32.2. The number of aromatic nitrogens is 2. The van der Waals surface area contributed by atoms with E-state index in [1.165, 1.54) is 25.3 Å². The van der Waals surface area contributed by atoms with Gasteiger partial charge in [0.2, 0.25) is 10.0 Å². The molecule has 0 bridgehead atoms. The fraction of sp³-hybridized carbons (Fsp3) is 0.188. The van der Waals surface area contributed by atoms with Crippen molar-refractivity contribution in [2.75, 3.05) is 13.7 Å². The van der Waals surface area contributed by atoms with E-state index in [0.29, 0.717) is 22.3 Å². The van der Waals surface area contributed by atoms with Crippen molar-refractivity contribution in [3.8, 4) is 5.75 Å². The Morgan fingerprint density at radius 2 is 1.92 bits per heavy atom. The van der Waals surface area contributed by atoms with E-state index in [0.717, 1.165) is 0 Å². The second-order valence-corrected chi connectivity index (χ2v) is 7.20. The monoisotopic (exact) mass is 363 g/mol. The van der Waals surface area contributed by atoms with Gasteiger partial charge in [0.1, 0.15) is 5.75 Å². The minimum absolute atomic E-state index is 0.00640. The van der Waals surface area contributed by atoms with Gasteiger partial charge in [-0.15, -0.1) is 0 Å². The maximum Gasteiger partial charge on any atom is 0.323 e. The SMILES string of the molecule is COc1cccc(C(O)CNS(=O)(=O)c2ccc3[nH]c(=O)[nH]c3c2)c1. The van der Waals surface area contributed by atoms with Crippen LogP contribution in [0.15, 0.2) is 52.2 Å². The summed E-state index contributed by atoms with van der Waals surface area (Å²) in [5, 5.41) is 10.2. The van der Waals surface area contributed by atoms with E-state index in [9.17, 15) is 18.3 Å². The van der Waals surface area contributed by atoms with Crippen molar-refractivity contribution in [2.24, 2.45) is 0 Å². The summed E-state index contributed by atoms with van der Waals surface area (Å²) in [6, 6.07) is 11.0. The van der Waals surface area contributed by atoms with Gasteiger partial charge in [-0.2, -0.15) is 0 Å². The zero-order valence-electron chi connectivity index (χ0n) is 13.3. The zero-order valence-corrected chi connectivity index (χ0v) is 14.1.